The van der Waals surface area contributed by atoms with Crippen molar-refractivity contribution >= 4 is 22.9 Å². The van der Waals surface area contributed by atoms with E-state index in [4.69, 9.17) is 0 Å². The predicted molar refractivity (Wildman–Crippen MR) is 56.9 cm³/mol. The average molecular weight is 261 g/mol. The van der Waals surface area contributed by atoms with Crippen molar-refractivity contribution in [1.82, 2.24) is 3.53 Å². The summed E-state index contributed by atoms with van der Waals surface area (Å²) in [5.74, 6) is 0.605. The predicted octanol–water partition coefficient (Wildman–Crippen LogP) is 2.73. The molecule has 60 valence electrons. The molecule has 1 nitrogen and oxygen atoms in total. The Morgan fingerprint density at radius 2 is 2.00 bits per heavy atom. The highest BCUT2D eigenvalue weighted by Crippen LogP contribution is 2.12. The average Bonchev–Trinajstić information content (AvgIpc) is 2.07. The Morgan fingerprint density at radius 3 is 2.55 bits per heavy atom. The third-order valence-electron chi connectivity index (χ3n) is 1.75. The Bertz CT molecular complexity index is 198. The maximum Gasteiger partial charge on any atom is 0.0169 e. The van der Waals surface area contributed by atoms with Gasteiger partial charge in [-0.2, -0.15) is 0 Å². The molecule has 11 heavy (non-hydrogen) atoms. The molecule has 0 bridgehead atoms. The minimum Gasteiger partial charge on any atom is -0.260 e. The largest absolute Gasteiger partial charge is 0.260 e. The molecule has 0 aliphatic rings. The fraction of sp³-hybridized carbons (Fsp3) is 0.333. The molecule has 0 fully saturated rings. The van der Waals surface area contributed by atoms with Gasteiger partial charge < -0.3 is 0 Å². The zero-order valence-electron chi connectivity index (χ0n) is 6.55. The van der Waals surface area contributed by atoms with Gasteiger partial charge in [-0.25, -0.2) is 0 Å². The van der Waals surface area contributed by atoms with Gasteiger partial charge in [0.1, 0.15) is 0 Å². The van der Waals surface area contributed by atoms with Crippen LogP contribution in [0.1, 0.15) is 18.4 Å². The lowest BCUT2D eigenvalue weighted by atomic mass is 10.0. The number of hydrogen-bond acceptors (Lipinski definition) is 1. The van der Waals surface area contributed by atoms with Gasteiger partial charge >= 0.3 is 0 Å². The molecular weight excluding hydrogens is 249 g/mol. The summed E-state index contributed by atoms with van der Waals surface area (Å²) in [6, 6.07) is 10.5. The van der Waals surface area contributed by atoms with Crippen molar-refractivity contribution in [3.8, 4) is 0 Å². The van der Waals surface area contributed by atoms with Crippen LogP contribution in [0.25, 0.3) is 0 Å². The van der Waals surface area contributed by atoms with Crippen LogP contribution in [-0.2, 0) is 0 Å². The van der Waals surface area contributed by atoms with Crippen LogP contribution in [0.5, 0.6) is 0 Å². The molecule has 0 heterocycles. The second-order valence-corrected chi connectivity index (χ2v) is 3.41. The van der Waals surface area contributed by atoms with E-state index in [1.54, 1.807) is 0 Å². The lowest BCUT2D eigenvalue weighted by Gasteiger charge is -2.08. The molecule has 0 saturated heterocycles. The van der Waals surface area contributed by atoms with E-state index in [2.05, 4.69) is 57.6 Å². The molecule has 1 aromatic carbocycles. The minimum absolute atomic E-state index is 0.605. The summed E-state index contributed by atoms with van der Waals surface area (Å²) in [4.78, 5) is 0. The molecule has 0 aliphatic heterocycles. The van der Waals surface area contributed by atoms with E-state index in [1.807, 2.05) is 6.07 Å². The van der Waals surface area contributed by atoms with Gasteiger partial charge in [0.15, 0.2) is 0 Å². The second-order valence-electron chi connectivity index (χ2n) is 2.65. The molecule has 1 rings (SSSR count). The van der Waals surface area contributed by atoms with Gasteiger partial charge in [-0.15, -0.1) is 0 Å². The molecular formula is C9H12IN. The highest BCUT2D eigenvalue weighted by molar-refractivity contribution is 14.1. The number of rotatable bonds is 3. The van der Waals surface area contributed by atoms with Gasteiger partial charge in [-0.1, -0.05) is 37.3 Å². The van der Waals surface area contributed by atoms with E-state index in [9.17, 15) is 0 Å². The molecule has 0 saturated carbocycles. The van der Waals surface area contributed by atoms with Crippen molar-refractivity contribution in [2.75, 3.05) is 6.54 Å². The van der Waals surface area contributed by atoms with Crippen LogP contribution in [0.2, 0.25) is 0 Å². The molecule has 0 radical (unpaired) electrons. The lowest BCUT2D eigenvalue weighted by Crippen LogP contribution is -2.08. The molecule has 0 unspecified atom stereocenters. The summed E-state index contributed by atoms with van der Waals surface area (Å²) in [6.45, 7) is 3.26. The summed E-state index contributed by atoms with van der Waals surface area (Å²) < 4.78 is 3.14. The maximum atomic E-state index is 3.14. The standard InChI is InChI=1S/C9H12IN/c1-8(7-11-10)9-5-3-2-4-6-9/h2-6,8,11H,7H2,1H3/t8-/m0/s1. The van der Waals surface area contributed by atoms with E-state index in [-0.39, 0.29) is 0 Å². The van der Waals surface area contributed by atoms with Crippen molar-refractivity contribution in [3.05, 3.63) is 35.9 Å². The van der Waals surface area contributed by atoms with Gasteiger partial charge in [-0.3, -0.25) is 3.53 Å². The molecule has 0 aromatic heterocycles. The Hall–Kier alpha value is -0.0900. The molecule has 2 heteroatoms. The van der Waals surface area contributed by atoms with Crippen LogP contribution in [0.15, 0.2) is 30.3 Å². The van der Waals surface area contributed by atoms with Crippen molar-refractivity contribution in [1.29, 1.82) is 0 Å². The molecule has 1 N–H and O–H groups in total. The summed E-state index contributed by atoms with van der Waals surface area (Å²) >= 11 is 2.18. The first-order valence-electron chi connectivity index (χ1n) is 3.73. The number of benzene rings is 1. The third kappa shape index (κ3) is 2.79. The van der Waals surface area contributed by atoms with Crippen molar-refractivity contribution < 1.29 is 0 Å². The topological polar surface area (TPSA) is 12.0 Å². The first-order valence-corrected chi connectivity index (χ1v) is 4.81. The number of hydrogen-bond donors (Lipinski definition) is 1. The van der Waals surface area contributed by atoms with E-state index >= 15 is 0 Å². The summed E-state index contributed by atoms with van der Waals surface area (Å²) in [6.07, 6.45) is 0. The van der Waals surface area contributed by atoms with Gasteiger partial charge in [0.25, 0.3) is 0 Å². The monoisotopic (exact) mass is 261 g/mol. The second kappa shape index (κ2) is 4.72. The third-order valence-corrected chi connectivity index (χ3v) is 2.19. The zero-order valence-corrected chi connectivity index (χ0v) is 8.71. The molecule has 0 aliphatic carbocycles. The van der Waals surface area contributed by atoms with Gasteiger partial charge in [0.05, 0.1) is 0 Å². The van der Waals surface area contributed by atoms with Crippen LogP contribution in [0, 0.1) is 0 Å². The quantitative estimate of drug-likeness (QED) is 0.651. The van der Waals surface area contributed by atoms with Crippen LogP contribution in [0.4, 0.5) is 0 Å². The number of halogens is 1. The SMILES string of the molecule is C[C@@H](CNI)c1ccccc1. The lowest BCUT2D eigenvalue weighted by molar-refractivity contribution is 0.754. The van der Waals surface area contributed by atoms with E-state index in [1.165, 1.54) is 5.56 Å². The first kappa shape index (κ1) is 9.00. The number of nitrogens with one attached hydrogen (secondary N) is 1. The Balaban J connectivity index is 2.61. The summed E-state index contributed by atoms with van der Waals surface area (Å²) in [7, 11) is 0. The summed E-state index contributed by atoms with van der Waals surface area (Å²) in [5.41, 5.74) is 1.40. The molecule has 0 amide bonds. The van der Waals surface area contributed by atoms with Gasteiger partial charge in [-0.05, 0) is 11.5 Å². The Morgan fingerprint density at radius 1 is 1.36 bits per heavy atom. The van der Waals surface area contributed by atoms with Crippen molar-refractivity contribution in [3.63, 3.8) is 0 Å². The Labute approximate surface area is 81.7 Å². The summed E-state index contributed by atoms with van der Waals surface area (Å²) in [5, 5.41) is 0. The fourth-order valence-electron chi connectivity index (χ4n) is 1.02. The maximum absolute atomic E-state index is 3.14. The van der Waals surface area contributed by atoms with Gasteiger partial charge in [0, 0.05) is 29.4 Å². The van der Waals surface area contributed by atoms with Crippen LogP contribution in [-0.4, -0.2) is 6.54 Å². The Kier molecular flexibility index (Phi) is 3.86. The highest BCUT2D eigenvalue weighted by Gasteiger charge is 2.01. The van der Waals surface area contributed by atoms with Crippen LogP contribution < -0.4 is 3.53 Å². The minimum atomic E-state index is 0.605. The molecule has 1 aromatic rings. The molecule has 0 spiro atoms. The zero-order chi connectivity index (χ0) is 8.10. The van der Waals surface area contributed by atoms with E-state index < -0.39 is 0 Å². The highest BCUT2D eigenvalue weighted by atomic mass is 127. The first-order chi connectivity index (χ1) is 5.34. The fourth-order valence-corrected chi connectivity index (χ4v) is 1.68. The van der Waals surface area contributed by atoms with E-state index in [0.29, 0.717) is 5.92 Å². The van der Waals surface area contributed by atoms with Crippen molar-refractivity contribution in [2.45, 2.75) is 12.8 Å². The van der Waals surface area contributed by atoms with Crippen LogP contribution >= 0.6 is 22.9 Å². The van der Waals surface area contributed by atoms with Crippen LogP contribution in [0.3, 0.4) is 0 Å². The van der Waals surface area contributed by atoms with Gasteiger partial charge in [0.2, 0.25) is 0 Å². The molecule has 1 atom stereocenters. The van der Waals surface area contributed by atoms with E-state index in [0.717, 1.165) is 6.54 Å². The smallest absolute Gasteiger partial charge is 0.0169 e. The van der Waals surface area contributed by atoms with Crippen molar-refractivity contribution in [2.24, 2.45) is 0 Å². The normalized spacial score (nSPS) is 12.9.